The predicted octanol–water partition coefficient (Wildman–Crippen LogP) is 6.28. The third-order valence-corrected chi connectivity index (χ3v) is 7.78. The number of aromatic nitrogens is 1. The van der Waals surface area contributed by atoms with Gasteiger partial charge in [0.15, 0.2) is 17.3 Å². The van der Waals surface area contributed by atoms with Crippen LogP contribution in [0.15, 0.2) is 97.1 Å². The first-order chi connectivity index (χ1) is 20.3. The highest BCUT2D eigenvalue weighted by molar-refractivity contribution is 7.22. The second-order valence-corrected chi connectivity index (χ2v) is 11.0. The summed E-state index contributed by atoms with van der Waals surface area (Å²) < 4.78 is 20.0. The van der Waals surface area contributed by atoms with Gasteiger partial charge in [0.05, 0.1) is 16.8 Å². The topological polar surface area (TPSA) is 104 Å². The molecule has 2 unspecified atom stereocenters. The van der Waals surface area contributed by atoms with E-state index in [0.717, 1.165) is 10.2 Å². The molecule has 1 fully saturated rings. The number of benzene rings is 4. The highest BCUT2D eigenvalue weighted by Gasteiger charge is 2.52. The highest BCUT2D eigenvalue weighted by atomic mass is 35.5. The molecule has 2 atom stereocenters. The molecule has 0 aliphatic carbocycles. The predicted molar refractivity (Wildman–Crippen MR) is 160 cm³/mol. The van der Waals surface area contributed by atoms with E-state index in [4.69, 9.17) is 16.3 Å². The van der Waals surface area contributed by atoms with Crippen molar-refractivity contribution >= 4 is 67.4 Å². The first-order valence-corrected chi connectivity index (χ1v) is 14.1. The normalized spacial score (nSPS) is 15.7. The molecule has 1 aliphatic heterocycles. The van der Waals surface area contributed by atoms with Gasteiger partial charge in [0.25, 0.3) is 17.7 Å². The second-order valence-electron chi connectivity index (χ2n) is 9.51. The average Bonchev–Trinajstić information content (AvgIpc) is 3.70. The maximum atomic E-state index is 13.6. The quantitative estimate of drug-likeness (QED) is 0.204. The van der Waals surface area contributed by atoms with Gasteiger partial charge < -0.3 is 15.0 Å². The zero-order valence-corrected chi connectivity index (χ0v) is 23.4. The molecular weight excluding hydrogens is 579 g/mol. The number of epoxide rings is 1. The fraction of sp³-hybridized carbons (Fsp3) is 0.0968. The van der Waals surface area contributed by atoms with Gasteiger partial charge >= 0.3 is 0 Å². The van der Waals surface area contributed by atoms with Gasteiger partial charge in [0.2, 0.25) is 0 Å². The fourth-order valence-electron chi connectivity index (χ4n) is 4.36. The van der Waals surface area contributed by atoms with Crippen LogP contribution in [0.3, 0.4) is 0 Å². The molecule has 3 amide bonds. The lowest BCUT2D eigenvalue weighted by Gasteiger charge is -2.23. The van der Waals surface area contributed by atoms with Crippen LogP contribution in [0.4, 0.5) is 20.9 Å². The van der Waals surface area contributed by atoms with Crippen LogP contribution in [0.1, 0.15) is 15.9 Å². The molecule has 2 heterocycles. The summed E-state index contributed by atoms with van der Waals surface area (Å²) >= 11 is 7.27. The third-order valence-electron chi connectivity index (χ3n) is 6.58. The number of fused-ring (bicyclic) bond motifs is 1. The number of thiazole rings is 1. The Hall–Kier alpha value is -4.64. The first-order valence-electron chi connectivity index (χ1n) is 12.9. The van der Waals surface area contributed by atoms with Crippen LogP contribution in [0.2, 0.25) is 5.02 Å². The number of amides is 3. The Morgan fingerprint density at radius 2 is 1.60 bits per heavy atom. The minimum atomic E-state index is -1.00. The van der Waals surface area contributed by atoms with Crippen LogP contribution < -0.4 is 15.5 Å². The van der Waals surface area contributed by atoms with E-state index in [-0.39, 0.29) is 12.5 Å². The summed E-state index contributed by atoms with van der Waals surface area (Å²) in [4.78, 5) is 45.1. The molecule has 1 aromatic heterocycles. The van der Waals surface area contributed by atoms with E-state index in [1.165, 1.54) is 28.4 Å². The zero-order chi connectivity index (χ0) is 29.2. The van der Waals surface area contributed by atoms with E-state index in [1.54, 1.807) is 60.7 Å². The monoisotopic (exact) mass is 600 g/mol. The largest absolute Gasteiger partial charge is 0.349 e. The Morgan fingerprint density at radius 1 is 0.881 bits per heavy atom. The SMILES string of the molecule is O=C(Nc1nc2ccccc2s1)c1ccc(N(Cc2ccc(F)cc2)C(=O)C2OC2C(=O)Nc2ccc(Cl)cc2)cc1. The molecule has 1 aliphatic rings. The Bertz CT molecular complexity index is 1750. The lowest BCUT2D eigenvalue weighted by Crippen LogP contribution is -2.36. The van der Waals surface area contributed by atoms with E-state index in [0.29, 0.717) is 32.7 Å². The first kappa shape index (κ1) is 27.5. The molecule has 0 bridgehead atoms. The van der Waals surface area contributed by atoms with Gasteiger partial charge in [0, 0.05) is 22.0 Å². The molecule has 2 N–H and O–H groups in total. The van der Waals surface area contributed by atoms with Crippen LogP contribution in [-0.2, 0) is 20.9 Å². The number of para-hydroxylation sites is 1. The number of hydrogen-bond donors (Lipinski definition) is 2. The number of nitrogens with zero attached hydrogens (tertiary/aromatic N) is 2. The van der Waals surface area contributed by atoms with Gasteiger partial charge in [-0.2, -0.15) is 0 Å². The van der Waals surface area contributed by atoms with Crippen LogP contribution in [-0.4, -0.2) is 34.9 Å². The number of nitrogens with one attached hydrogen (secondary N) is 2. The van der Waals surface area contributed by atoms with Crippen molar-refractivity contribution in [3.05, 3.63) is 119 Å². The summed E-state index contributed by atoms with van der Waals surface area (Å²) in [6.45, 7) is 0.0990. The molecule has 6 rings (SSSR count). The van der Waals surface area contributed by atoms with E-state index >= 15 is 0 Å². The van der Waals surface area contributed by atoms with Gasteiger partial charge in [-0.05, 0) is 78.4 Å². The number of rotatable bonds is 8. The van der Waals surface area contributed by atoms with Crippen molar-refractivity contribution in [3.63, 3.8) is 0 Å². The van der Waals surface area contributed by atoms with Crippen molar-refractivity contribution < 1.29 is 23.5 Å². The Balaban J connectivity index is 1.18. The highest BCUT2D eigenvalue weighted by Crippen LogP contribution is 2.30. The van der Waals surface area contributed by atoms with Gasteiger partial charge in [0.1, 0.15) is 5.82 Å². The van der Waals surface area contributed by atoms with E-state index in [1.807, 2.05) is 24.3 Å². The van der Waals surface area contributed by atoms with Gasteiger partial charge in [-0.15, -0.1) is 0 Å². The molecule has 4 aromatic carbocycles. The molecular formula is C31H22ClFN4O4S. The zero-order valence-electron chi connectivity index (χ0n) is 21.8. The maximum absolute atomic E-state index is 13.6. The number of carbonyl (C=O) groups is 3. The molecule has 0 saturated carbocycles. The minimum absolute atomic E-state index is 0.0990. The second kappa shape index (κ2) is 11.7. The molecule has 5 aromatic rings. The standard InChI is InChI=1S/C31H22ClFN4O4S/c32-20-9-13-22(14-10-20)34-29(39)26-27(41-26)30(40)37(17-18-5-11-21(33)12-6-18)23-15-7-19(8-16-23)28(38)36-31-35-24-3-1-2-4-25(24)42-31/h1-16,26-27H,17H2,(H,34,39)(H,35,36,38). The summed E-state index contributed by atoms with van der Waals surface area (Å²) in [6, 6.07) is 26.4. The lowest BCUT2D eigenvalue weighted by atomic mass is 10.1. The Kier molecular flexibility index (Phi) is 7.66. The molecule has 0 spiro atoms. The number of halogens is 2. The van der Waals surface area contributed by atoms with Gasteiger partial charge in [-0.25, -0.2) is 9.37 Å². The van der Waals surface area contributed by atoms with Crippen molar-refractivity contribution in [1.29, 1.82) is 0 Å². The van der Waals surface area contributed by atoms with Crippen molar-refractivity contribution in [2.45, 2.75) is 18.8 Å². The van der Waals surface area contributed by atoms with E-state index in [2.05, 4.69) is 15.6 Å². The molecule has 8 nitrogen and oxygen atoms in total. The van der Waals surface area contributed by atoms with Gasteiger partial charge in [-0.3, -0.25) is 19.7 Å². The fourth-order valence-corrected chi connectivity index (χ4v) is 5.34. The number of anilines is 3. The number of carbonyl (C=O) groups excluding carboxylic acids is 3. The summed E-state index contributed by atoms with van der Waals surface area (Å²) in [6.07, 6.45) is -1.97. The minimum Gasteiger partial charge on any atom is -0.349 e. The van der Waals surface area contributed by atoms with Crippen LogP contribution >= 0.6 is 22.9 Å². The Labute approximate surface area is 248 Å². The van der Waals surface area contributed by atoms with Crippen LogP contribution in [0.5, 0.6) is 0 Å². The third kappa shape index (κ3) is 6.15. The van der Waals surface area contributed by atoms with Crippen molar-refractivity contribution in [2.24, 2.45) is 0 Å². The smallest absolute Gasteiger partial charge is 0.259 e. The molecule has 11 heteroatoms. The van der Waals surface area contributed by atoms with Crippen LogP contribution in [0.25, 0.3) is 10.2 Å². The summed E-state index contributed by atoms with van der Waals surface area (Å²) in [5.74, 6) is -1.65. The van der Waals surface area contributed by atoms with Gasteiger partial charge in [-0.1, -0.05) is 47.2 Å². The van der Waals surface area contributed by atoms with Crippen molar-refractivity contribution in [3.8, 4) is 0 Å². The van der Waals surface area contributed by atoms with Crippen LogP contribution in [0, 0.1) is 5.82 Å². The van der Waals surface area contributed by atoms with Crippen molar-refractivity contribution in [2.75, 3.05) is 15.5 Å². The summed E-state index contributed by atoms with van der Waals surface area (Å²) in [5, 5.41) is 6.54. The molecule has 210 valence electrons. The number of ether oxygens (including phenoxy) is 1. The lowest BCUT2D eigenvalue weighted by molar-refractivity contribution is -0.120. The summed E-state index contributed by atoms with van der Waals surface area (Å²) in [5.41, 5.74) is 2.84. The average molecular weight is 601 g/mol. The Morgan fingerprint density at radius 3 is 2.31 bits per heavy atom. The number of hydrogen-bond acceptors (Lipinski definition) is 6. The summed E-state index contributed by atoms with van der Waals surface area (Å²) in [7, 11) is 0. The maximum Gasteiger partial charge on any atom is 0.259 e. The molecule has 1 saturated heterocycles. The molecule has 0 radical (unpaired) electrons. The molecule has 42 heavy (non-hydrogen) atoms. The van der Waals surface area contributed by atoms with E-state index < -0.39 is 29.8 Å². The van der Waals surface area contributed by atoms with Crippen molar-refractivity contribution in [1.82, 2.24) is 4.98 Å². The van der Waals surface area contributed by atoms with E-state index in [9.17, 15) is 18.8 Å².